The fourth-order valence-corrected chi connectivity index (χ4v) is 9.26. The molecule has 4 nitrogen and oxygen atoms in total. The van der Waals surface area contributed by atoms with Crippen LogP contribution >= 0.6 is 22.7 Å². The number of aromatic nitrogens is 4. The van der Waals surface area contributed by atoms with Gasteiger partial charge in [-0.15, -0.1) is 22.7 Å². The summed E-state index contributed by atoms with van der Waals surface area (Å²) >= 11 is 3.78. The van der Waals surface area contributed by atoms with Gasteiger partial charge in [-0.25, -0.2) is 4.98 Å². The second kappa shape index (κ2) is 9.53. The van der Waals surface area contributed by atoms with E-state index in [9.17, 15) is 0 Å². The van der Waals surface area contributed by atoms with Crippen molar-refractivity contribution in [3.8, 4) is 28.7 Å². The summed E-state index contributed by atoms with van der Waals surface area (Å²) in [6.07, 6.45) is 0. The number of fused-ring (bicyclic) bond motifs is 11. The lowest BCUT2D eigenvalue weighted by Gasteiger charge is -2.10. The van der Waals surface area contributed by atoms with Crippen LogP contribution in [-0.4, -0.2) is 19.5 Å². The average Bonchev–Trinajstić information content (AvgIpc) is 3.78. The van der Waals surface area contributed by atoms with Crippen LogP contribution in [0, 0.1) is 0 Å². The lowest BCUT2D eigenvalue weighted by atomic mass is 10.1. The van der Waals surface area contributed by atoms with Crippen LogP contribution in [0.4, 0.5) is 0 Å². The summed E-state index contributed by atoms with van der Waals surface area (Å²) < 4.78 is 7.52. The standard InChI is InChI=1S/C39H22N4S2/c1-3-11-23(12-4-1)37-40-38(24-13-5-2-6-14-24)42-39(41-37)43-29-17-9-7-15-27(29)33-30(43)21-19-25-26-20-22-32-34(36(26)45-35(25)33)28-16-8-10-18-31(28)44-32/h1-22H. The molecule has 4 aromatic heterocycles. The summed E-state index contributed by atoms with van der Waals surface area (Å²) in [5.74, 6) is 1.92. The SMILES string of the molecule is c1ccc(-c2nc(-c3ccccc3)nc(-n3c4ccccc4c4c5sc6c(ccc7sc8ccccc8c76)c5ccc43)n2)cc1. The van der Waals surface area contributed by atoms with Crippen LogP contribution in [-0.2, 0) is 0 Å². The molecule has 4 heterocycles. The highest BCUT2D eigenvalue weighted by Gasteiger charge is 2.21. The first-order valence-corrected chi connectivity index (χ1v) is 16.5. The first-order chi connectivity index (χ1) is 22.3. The molecule has 0 aliphatic heterocycles. The van der Waals surface area contributed by atoms with Crippen molar-refractivity contribution in [2.75, 3.05) is 0 Å². The van der Waals surface area contributed by atoms with E-state index in [4.69, 9.17) is 15.0 Å². The van der Waals surface area contributed by atoms with Gasteiger partial charge >= 0.3 is 0 Å². The van der Waals surface area contributed by atoms with Crippen molar-refractivity contribution in [2.24, 2.45) is 0 Å². The third kappa shape index (κ3) is 3.67. The number of hydrogen-bond donors (Lipinski definition) is 0. The predicted molar refractivity (Wildman–Crippen MR) is 191 cm³/mol. The second-order valence-electron chi connectivity index (χ2n) is 11.2. The largest absolute Gasteiger partial charge is 0.278 e. The molecule has 6 aromatic carbocycles. The van der Waals surface area contributed by atoms with Gasteiger partial charge in [-0.05, 0) is 24.3 Å². The van der Waals surface area contributed by atoms with E-state index in [0.29, 0.717) is 17.6 Å². The molecule has 10 aromatic rings. The van der Waals surface area contributed by atoms with Crippen molar-refractivity contribution in [1.82, 2.24) is 19.5 Å². The number of rotatable bonds is 3. The van der Waals surface area contributed by atoms with E-state index < -0.39 is 0 Å². The van der Waals surface area contributed by atoms with E-state index in [1.165, 1.54) is 51.1 Å². The lowest BCUT2D eigenvalue weighted by molar-refractivity contribution is 0.953. The van der Waals surface area contributed by atoms with Crippen LogP contribution < -0.4 is 0 Å². The van der Waals surface area contributed by atoms with Crippen LogP contribution in [0.3, 0.4) is 0 Å². The number of para-hydroxylation sites is 1. The summed E-state index contributed by atoms with van der Waals surface area (Å²) in [5.41, 5.74) is 4.08. The molecule has 0 N–H and O–H groups in total. The molecule has 0 amide bonds. The van der Waals surface area contributed by atoms with Crippen LogP contribution in [0.25, 0.3) is 90.9 Å². The van der Waals surface area contributed by atoms with Gasteiger partial charge in [0.15, 0.2) is 11.6 Å². The van der Waals surface area contributed by atoms with Crippen molar-refractivity contribution in [2.45, 2.75) is 0 Å². The van der Waals surface area contributed by atoms with Crippen LogP contribution in [0.5, 0.6) is 0 Å². The summed E-state index contributed by atoms with van der Waals surface area (Å²) in [6.45, 7) is 0. The molecule has 0 aliphatic carbocycles. The Bertz CT molecular complexity index is 2700. The zero-order valence-corrected chi connectivity index (χ0v) is 25.4. The maximum absolute atomic E-state index is 5.11. The molecule has 10 rings (SSSR count). The van der Waals surface area contributed by atoms with E-state index in [0.717, 1.165) is 22.2 Å². The Morgan fingerprint density at radius 3 is 1.73 bits per heavy atom. The Morgan fingerprint density at radius 2 is 1.00 bits per heavy atom. The minimum atomic E-state index is 0.612. The van der Waals surface area contributed by atoms with E-state index in [-0.39, 0.29) is 0 Å². The minimum absolute atomic E-state index is 0.612. The molecule has 6 heteroatoms. The van der Waals surface area contributed by atoms with Gasteiger partial charge in [0.25, 0.3) is 0 Å². The summed E-state index contributed by atoms with van der Waals surface area (Å²) in [4.78, 5) is 15.2. The predicted octanol–water partition coefficient (Wildman–Crippen LogP) is 11.0. The summed E-state index contributed by atoms with van der Waals surface area (Å²) in [6, 6.07) is 46.8. The number of thiophene rings is 2. The van der Waals surface area contributed by atoms with Crippen molar-refractivity contribution in [1.29, 1.82) is 0 Å². The fourth-order valence-electron chi connectivity index (χ4n) is 6.67. The summed E-state index contributed by atoms with van der Waals surface area (Å²) in [7, 11) is 0. The maximum atomic E-state index is 5.11. The van der Waals surface area contributed by atoms with E-state index in [1.807, 2.05) is 59.1 Å². The molecule has 0 atom stereocenters. The molecule has 0 unspecified atom stereocenters. The molecule has 0 saturated carbocycles. The minimum Gasteiger partial charge on any atom is -0.278 e. The highest BCUT2D eigenvalue weighted by Crippen LogP contribution is 2.47. The Balaban J connectivity index is 1.31. The normalized spacial score (nSPS) is 12.0. The van der Waals surface area contributed by atoms with Crippen molar-refractivity contribution in [3.63, 3.8) is 0 Å². The van der Waals surface area contributed by atoms with Gasteiger partial charge in [0.1, 0.15) is 0 Å². The van der Waals surface area contributed by atoms with Crippen LogP contribution in [0.15, 0.2) is 133 Å². The Labute approximate surface area is 265 Å². The molecule has 210 valence electrons. The molecule has 0 saturated heterocycles. The molecule has 45 heavy (non-hydrogen) atoms. The van der Waals surface area contributed by atoms with Gasteiger partial charge in [0, 0.05) is 62.2 Å². The smallest absolute Gasteiger partial charge is 0.238 e. The van der Waals surface area contributed by atoms with Gasteiger partial charge in [-0.2, -0.15) is 9.97 Å². The molecule has 0 bridgehead atoms. The van der Waals surface area contributed by atoms with E-state index >= 15 is 0 Å². The van der Waals surface area contributed by atoms with Crippen LogP contribution in [0.1, 0.15) is 0 Å². The highest BCUT2D eigenvalue weighted by molar-refractivity contribution is 7.30. The van der Waals surface area contributed by atoms with Crippen LogP contribution in [0.2, 0.25) is 0 Å². The van der Waals surface area contributed by atoms with Crippen molar-refractivity contribution < 1.29 is 0 Å². The highest BCUT2D eigenvalue weighted by atomic mass is 32.1. The molecule has 0 aliphatic rings. The van der Waals surface area contributed by atoms with Crippen molar-refractivity contribution in [3.05, 3.63) is 133 Å². The molecular weight excluding hydrogens is 589 g/mol. The Hall–Kier alpha value is -5.43. The number of benzene rings is 6. The van der Waals surface area contributed by atoms with Gasteiger partial charge in [0.05, 0.1) is 11.0 Å². The Kier molecular flexibility index (Phi) is 5.29. The zero-order chi connectivity index (χ0) is 29.5. The van der Waals surface area contributed by atoms with Gasteiger partial charge in [-0.3, -0.25) is 4.57 Å². The molecule has 0 fully saturated rings. The monoisotopic (exact) mass is 610 g/mol. The lowest BCUT2D eigenvalue weighted by Crippen LogP contribution is -2.06. The fraction of sp³-hybridized carbons (Fsp3) is 0. The molecular formula is C39H22N4S2. The van der Waals surface area contributed by atoms with Gasteiger partial charge < -0.3 is 0 Å². The van der Waals surface area contributed by atoms with Gasteiger partial charge in [0.2, 0.25) is 5.95 Å². The molecule has 0 spiro atoms. The number of nitrogens with zero attached hydrogens (tertiary/aromatic N) is 4. The molecule has 0 radical (unpaired) electrons. The summed E-state index contributed by atoms with van der Waals surface area (Å²) in [5, 5.41) is 7.72. The topological polar surface area (TPSA) is 43.6 Å². The van der Waals surface area contributed by atoms with Gasteiger partial charge in [-0.1, -0.05) is 109 Å². The Morgan fingerprint density at radius 1 is 0.400 bits per heavy atom. The third-order valence-electron chi connectivity index (χ3n) is 8.67. The van der Waals surface area contributed by atoms with Crippen molar-refractivity contribution >= 4 is 84.8 Å². The second-order valence-corrected chi connectivity index (χ2v) is 13.3. The quantitative estimate of drug-likeness (QED) is 0.200. The van der Waals surface area contributed by atoms with E-state index in [2.05, 4.69) is 102 Å². The average molecular weight is 611 g/mol. The van der Waals surface area contributed by atoms with E-state index in [1.54, 1.807) is 0 Å². The first-order valence-electron chi connectivity index (χ1n) is 14.9. The first kappa shape index (κ1) is 25.0. The zero-order valence-electron chi connectivity index (χ0n) is 23.8. The maximum Gasteiger partial charge on any atom is 0.238 e. The third-order valence-corrected chi connectivity index (χ3v) is 11.1. The number of hydrogen-bond acceptors (Lipinski definition) is 5.